The first-order chi connectivity index (χ1) is 15.4. The number of hydrogen-bond acceptors (Lipinski definition) is 7. The molecule has 1 aliphatic heterocycles. The fourth-order valence-electron chi connectivity index (χ4n) is 3.51. The number of amides is 2. The molecular formula is C23H27N3O6. The van der Waals surface area contributed by atoms with Crippen molar-refractivity contribution in [2.75, 3.05) is 59.4 Å². The minimum Gasteiger partial charge on any atom is -0.493 e. The average Bonchev–Trinajstić information content (AvgIpc) is 2.83. The van der Waals surface area contributed by atoms with Crippen molar-refractivity contribution in [1.29, 1.82) is 0 Å². The molecule has 0 radical (unpaired) electrons. The number of carbonyl (C=O) groups excluding carboxylic acids is 3. The first-order valence-corrected chi connectivity index (χ1v) is 10.2. The summed E-state index contributed by atoms with van der Waals surface area (Å²) in [6, 6.07) is 11.7. The molecule has 2 amide bonds. The standard InChI is InChI=1S/C23H27N3O6/c1-30-19-8-7-16(14-20(19)31-2)22(28)26-11-9-25(10-12-26)15-21(27)24-18-6-4-5-17(13-18)23(29)32-3/h4-8,13-14H,9-12,15H2,1-3H3,(H,24,27). The average molecular weight is 441 g/mol. The molecule has 0 atom stereocenters. The van der Waals surface area contributed by atoms with E-state index in [-0.39, 0.29) is 18.4 Å². The molecule has 1 aliphatic rings. The van der Waals surface area contributed by atoms with Gasteiger partial charge in [-0.1, -0.05) is 6.07 Å². The van der Waals surface area contributed by atoms with Crippen molar-refractivity contribution in [2.45, 2.75) is 0 Å². The van der Waals surface area contributed by atoms with Crippen LogP contribution in [0.4, 0.5) is 5.69 Å². The largest absolute Gasteiger partial charge is 0.493 e. The van der Waals surface area contributed by atoms with E-state index in [1.807, 2.05) is 4.90 Å². The van der Waals surface area contributed by atoms with Crippen molar-refractivity contribution in [1.82, 2.24) is 9.80 Å². The van der Waals surface area contributed by atoms with E-state index in [0.29, 0.717) is 54.5 Å². The molecule has 9 heteroatoms. The van der Waals surface area contributed by atoms with Crippen molar-refractivity contribution in [3.8, 4) is 11.5 Å². The van der Waals surface area contributed by atoms with E-state index in [2.05, 4.69) is 5.32 Å². The van der Waals surface area contributed by atoms with E-state index >= 15 is 0 Å². The number of hydrogen-bond donors (Lipinski definition) is 1. The summed E-state index contributed by atoms with van der Waals surface area (Å²) in [4.78, 5) is 40.6. The molecule has 3 rings (SSSR count). The number of rotatable bonds is 7. The highest BCUT2D eigenvalue weighted by atomic mass is 16.5. The molecule has 9 nitrogen and oxygen atoms in total. The third-order valence-corrected chi connectivity index (χ3v) is 5.22. The second-order valence-corrected chi connectivity index (χ2v) is 7.26. The van der Waals surface area contributed by atoms with Gasteiger partial charge in [0.25, 0.3) is 5.91 Å². The molecular weight excluding hydrogens is 414 g/mol. The molecule has 0 aliphatic carbocycles. The highest BCUT2D eigenvalue weighted by Crippen LogP contribution is 2.28. The number of benzene rings is 2. The van der Waals surface area contributed by atoms with Crippen LogP contribution in [-0.4, -0.2) is 81.6 Å². The molecule has 1 fully saturated rings. The summed E-state index contributed by atoms with van der Waals surface area (Å²) in [5.74, 6) is 0.333. The van der Waals surface area contributed by atoms with Crippen molar-refractivity contribution < 1.29 is 28.6 Å². The van der Waals surface area contributed by atoms with E-state index in [1.165, 1.54) is 14.2 Å². The maximum absolute atomic E-state index is 12.8. The third-order valence-electron chi connectivity index (χ3n) is 5.22. The van der Waals surface area contributed by atoms with Gasteiger partial charge in [-0.05, 0) is 36.4 Å². The molecule has 0 unspecified atom stereocenters. The lowest BCUT2D eigenvalue weighted by molar-refractivity contribution is -0.117. The van der Waals surface area contributed by atoms with Crippen LogP contribution in [0, 0.1) is 0 Å². The second kappa shape index (κ2) is 10.6. The normalized spacial score (nSPS) is 13.9. The fraction of sp³-hybridized carbons (Fsp3) is 0.348. The number of methoxy groups -OCH3 is 3. The van der Waals surface area contributed by atoms with Crippen LogP contribution < -0.4 is 14.8 Å². The molecule has 32 heavy (non-hydrogen) atoms. The summed E-state index contributed by atoms with van der Waals surface area (Å²) in [5.41, 5.74) is 1.42. The topological polar surface area (TPSA) is 97.4 Å². The van der Waals surface area contributed by atoms with Crippen LogP contribution in [0.3, 0.4) is 0 Å². The Morgan fingerprint density at radius 2 is 1.59 bits per heavy atom. The molecule has 0 bridgehead atoms. The Hall–Kier alpha value is -3.59. The lowest BCUT2D eigenvalue weighted by Gasteiger charge is -2.34. The molecule has 0 saturated carbocycles. The Morgan fingerprint density at radius 1 is 0.875 bits per heavy atom. The number of piperazine rings is 1. The van der Waals surface area contributed by atoms with Gasteiger partial charge < -0.3 is 24.4 Å². The highest BCUT2D eigenvalue weighted by Gasteiger charge is 2.24. The Morgan fingerprint density at radius 3 is 2.25 bits per heavy atom. The molecule has 0 spiro atoms. The predicted molar refractivity (Wildman–Crippen MR) is 118 cm³/mol. The van der Waals surface area contributed by atoms with Gasteiger partial charge in [-0.3, -0.25) is 14.5 Å². The zero-order valence-corrected chi connectivity index (χ0v) is 18.4. The van der Waals surface area contributed by atoms with Gasteiger partial charge in [-0.25, -0.2) is 4.79 Å². The van der Waals surface area contributed by atoms with E-state index in [0.717, 1.165) is 0 Å². The van der Waals surface area contributed by atoms with Crippen LogP contribution in [0.15, 0.2) is 42.5 Å². The predicted octanol–water partition coefficient (Wildman–Crippen LogP) is 1.89. The first-order valence-electron chi connectivity index (χ1n) is 10.2. The van der Waals surface area contributed by atoms with Gasteiger partial charge in [-0.15, -0.1) is 0 Å². The smallest absolute Gasteiger partial charge is 0.337 e. The van der Waals surface area contributed by atoms with Crippen LogP contribution in [0.2, 0.25) is 0 Å². The van der Waals surface area contributed by atoms with Crippen molar-refractivity contribution in [2.24, 2.45) is 0 Å². The maximum Gasteiger partial charge on any atom is 0.337 e. The van der Waals surface area contributed by atoms with Gasteiger partial charge in [0.2, 0.25) is 5.91 Å². The lowest BCUT2D eigenvalue weighted by Crippen LogP contribution is -2.50. The SMILES string of the molecule is COC(=O)c1cccc(NC(=O)CN2CCN(C(=O)c3ccc(OC)c(OC)c3)CC2)c1. The quantitative estimate of drug-likeness (QED) is 0.656. The highest BCUT2D eigenvalue weighted by molar-refractivity contribution is 5.96. The van der Waals surface area contributed by atoms with Gasteiger partial charge in [0.15, 0.2) is 11.5 Å². The summed E-state index contributed by atoms with van der Waals surface area (Å²) in [5, 5.41) is 2.80. The minimum absolute atomic E-state index is 0.0883. The Balaban J connectivity index is 1.52. The molecule has 2 aromatic carbocycles. The molecule has 1 N–H and O–H groups in total. The molecule has 2 aromatic rings. The fourth-order valence-corrected chi connectivity index (χ4v) is 3.51. The lowest BCUT2D eigenvalue weighted by atomic mass is 10.1. The third kappa shape index (κ3) is 5.55. The monoisotopic (exact) mass is 441 g/mol. The summed E-state index contributed by atoms with van der Waals surface area (Å²) >= 11 is 0. The van der Waals surface area contributed by atoms with E-state index in [4.69, 9.17) is 14.2 Å². The van der Waals surface area contributed by atoms with Crippen molar-refractivity contribution >= 4 is 23.5 Å². The van der Waals surface area contributed by atoms with Crippen LogP contribution in [0.1, 0.15) is 20.7 Å². The molecule has 1 heterocycles. The van der Waals surface area contributed by atoms with Gasteiger partial charge in [0.05, 0.1) is 33.4 Å². The first kappa shape index (κ1) is 23.1. The zero-order valence-electron chi connectivity index (χ0n) is 18.4. The number of nitrogens with zero attached hydrogens (tertiary/aromatic N) is 2. The summed E-state index contributed by atoms with van der Waals surface area (Å²) in [6.45, 7) is 2.38. The molecule has 0 aromatic heterocycles. The van der Waals surface area contributed by atoms with Gasteiger partial charge in [0, 0.05) is 37.4 Å². The van der Waals surface area contributed by atoms with Crippen molar-refractivity contribution in [3.63, 3.8) is 0 Å². The summed E-state index contributed by atoms with van der Waals surface area (Å²) < 4.78 is 15.2. The summed E-state index contributed by atoms with van der Waals surface area (Å²) in [7, 11) is 4.38. The van der Waals surface area contributed by atoms with Gasteiger partial charge in [0.1, 0.15) is 0 Å². The Kier molecular flexibility index (Phi) is 7.67. The summed E-state index contributed by atoms with van der Waals surface area (Å²) in [6.07, 6.45) is 0. The van der Waals surface area contributed by atoms with Crippen LogP contribution >= 0.6 is 0 Å². The number of anilines is 1. The van der Waals surface area contributed by atoms with E-state index in [1.54, 1.807) is 54.5 Å². The Bertz CT molecular complexity index is 985. The van der Waals surface area contributed by atoms with Crippen LogP contribution in [0.5, 0.6) is 11.5 Å². The van der Waals surface area contributed by atoms with E-state index < -0.39 is 5.97 Å². The van der Waals surface area contributed by atoms with Crippen LogP contribution in [-0.2, 0) is 9.53 Å². The Labute approximate surface area is 186 Å². The van der Waals surface area contributed by atoms with Gasteiger partial charge in [-0.2, -0.15) is 0 Å². The van der Waals surface area contributed by atoms with Crippen LogP contribution in [0.25, 0.3) is 0 Å². The maximum atomic E-state index is 12.8. The number of carbonyl (C=O) groups is 3. The number of esters is 1. The van der Waals surface area contributed by atoms with Crippen molar-refractivity contribution in [3.05, 3.63) is 53.6 Å². The van der Waals surface area contributed by atoms with Gasteiger partial charge >= 0.3 is 5.97 Å². The molecule has 1 saturated heterocycles. The number of nitrogens with one attached hydrogen (secondary N) is 1. The van der Waals surface area contributed by atoms with E-state index in [9.17, 15) is 14.4 Å². The zero-order chi connectivity index (χ0) is 23.1. The minimum atomic E-state index is -0.462. The second-order valence-electron chi connectivity index (χ2n) is 7.26. The molecule has 170 valence electrons. The number of ether oxygens (including phenoxy) is 3.